The number of oxime groups is 1. The summed E-state index contributed by atoms with van der Waals surface area (Å²) in [4.78, 5) is 0.707. The summed E-state index contributed by atoms with van der Waals surface area (Å²) in [6.07, 6.45) is 0. The zero-order valence-corrected chi connectivity index (χ0v) is 11.6. The van der Waals surface area contributed by atoms with Crippen molar-refractivity contribution in [3.05, 3.63) is 58.6 Å². The monoisotopic (exact) mass is 314 g/mol. The summed E-state index contributed by atoms with van der Waals surface area (Å²) in [5.74, 6) is -1.47. The Morgan fingerprint density at radius 1 is 1.15 bits per heavy atom. The molecule has 0 aliphatic rings. The highest BCUT2D eigenvalue weighted by molar-refractivity contribution is 7.99. The third-order valence-electron chi connectivity index (χ3n) is 2.44. The molecule has 0 aliphatic carbocycles. The SMILES string of the molecule is NC(=NO)c1ccc(Cl)cc1Sc1ccc(F)cc1F. The van der Waals surface area contributed by atoms with Gasteiger partial charge in [-0.25, -0.2) is 8.78 Å². The standard InChI is InChI=1S/C13H9ClF2N2OS/c14-7-1-3-9(13(17)18-19)12(5-7)20-11-4-2-8(15)6-10(11)16/h1-6,19H,(H2,17,18). The van der Waals surface area contributed by atoms with Crippen molar-refractivity contribution in [2.45, 2.75) is 9.79 Å². The maximum atomic E-state index is 13.6. The maximum absolute atomic E-state index is 13.6. The number of benzene rings is 2. The van der Waals surface area contributed by atoms with E-state index in [9.17, 15) is 8.78 Å². The predicted octanol–water partition coefficient (Wildman–Crippen LogP) is 3.86. The quantitative estimate of drug-likeness (QED) is 0.391. The van der Waals surface area contributed by atoms with E-state index < -0.39 is 11.6 Å². The fourth-order valence-electron chi connectivity index (χ4n) is 1.52. The van der Waals surface area contributed by atoms with Crippen molar-refractivity contribution in [2.24, 2.45) is 10.9 Å². The second-order valence-corrected chi connectivity index (χ2v) is 5.32. The molecule has 0 aliphatic heterocycles. The van der Waals surface area contributed by atoms with Gasteiger partial charge in [-0.2, -0.15) is 0 Å². The van der Waals surface area contributed by atoms with E-state index in [0.29, 0.717) is 15.5 Å². The topological polar surface area (TPSA) is 58.6 Å². The lowest BCUT2D eigenvalue weighted by Crippen LogP contribution is -2.14. The van der Waals surface area contributed by atoms with Crippen LogP contribution < -0.4 is 5.73 Å². The first-order chi connectivity index (χ1) is 9.51. The lowest BCUT2D eigenvalue weighted by molar-refractivity contribution is 0.318. The first-order valence-electron chi connectivity index (χ1n) is 5.41. The molecule has 104 valence electrons. The Hall–Kier alpha value is -1.79. The van der Waals surface area contributed by atoms with Crippen LogP contribution in [0.15, 0.2) is 51.3 Å². The van der Waals surface area contributed by atoms with E-state index in [4.69, 9.17) is 22.5 Å². The molecule has 0 radical (unpaired) electrons. The fourth-order valence-corrected chi connectivity index (χ4v) is 2.76. The minimum absolute atomic E-state index is 0.119. The number of nitrogens with two attached hydrogens (primary N) is 1. The van der Waals surface area contributed by atoms with E-state index in [1.807, 2.05) is 0 Å². The van der Waals surface area contributed by atoms with Crippen molar-refractivity contribution >= 4 is 29.2 Å². The molecule has 0 spiro atoms. The molecule has 7 heteroatoms. The third-order valence-corrected chi connectivity index (χ3v) is 3.78. The number of hydrogen-bond donors (Lipinski definition) is 2. The van der Waals surface area contributed by atoms with Crippen LogP contribution in [0.5, 0.6) is 0 Å². The molecular weight excluding hydrogens is 306 g/mol. The van der Waals surface area contributed by atoms with Crippen molar-refractivity contribution in [1.82, 2.24) is 0 Å². The van der Waals surface area contributed by atoms with Gasteiger partial charge in [0.1, 0.15) is 11.6 Å². The molecule has 0 unspecified atom stereocenters. The van der Waals surface area contributed by atoms with Crippen LogP contribution in [0.3, 0.4) is 0 Å². The zero-order chi connectivity index (χ0) is 14.7. The van der Waals surface area contributed by atoms with Crippen LogP contribution in [-0.4, -0.2) is 11.0 Å². The number of nitrogens with zero attached hydrogens (tertiary/aromatic N) is 1. The summed E-state index contributed by atoms with van der Waals surface area (Å²) < 4.78 is 26.5. The Morgan fingerprint density at radius 3 is 2.55 bits per heavy atom. The van der Waals surface area contributed by atoms with Crippen LogP contribution in [0, 0.1) is 11.6 Å². The second-order valence-electron chi connectivity index (χ2n) is 3.80. The highest BCUT2D eigenvalue weighted by Crippen LogP contribution is 2.34. The van der Waals surface area contributed by atoms with Crippen molar-refractivity contribution in [3.63, 3.8) is 0 Å². The lowest BCUT2D eigenvalue weighted by Gasteiger charge is -2.09. The Bertz CT molecular complexity index is 679. The molecule has 20 heavy (non-hydrogen) atoms. The van der Waals surface area contributed by atoms with E-state index in [2.05, 4.69) is 5.16 Å². The van der Waals surface area contributed by atoms with E-state index in [0.717, 1.165) is 23.9 Å². The zero-order valence-electron chi connectivity index (χ0n) is 9.98. The molecule has 2 aromatic rings. The van der Waals surface area contributed by atoms with E-state index >= 15 is 0 Å². The van der Waals surface area contributed by atoms with Gasteiger partial charge in [0, 0.05) is 26.4 Å². The molecule has 0 fully saturated rings. The largest absolute Gasteiger partial charge is 0.409 e. The van der Waals surface area contributed by atoms with Crippen LogP contribution in [-0.2, 0) is 0 Å². The summed E-state index contributed by atoms with van der Waals surface area (Å²) in [5, 5.41) is 12.1. The average molecular weight is 315 g/mol. The van der Waals surface area contributed by atoms with Gasteiger partial charge in [-0.3, -0.25) is 0 Å². The van der Waals surface area contributed by atoms with Gasteiger partial charge in [-0.1, -0.05) is 28.5 Å². The van der Waals surface area contributed by atoms with Gasteiger partial charge < -0.3 is 10.9 Å². The minimum Gasteiger partial charge on any atom is -0.409 e. The van der Waals surface area contributed by atoms with Crippen LogP contribution in [0.25, 0.3) is 0 Å². The molecule has 0 saturated carbocycles. The Kier molecular flexibility index (Phi) is 4.46. The van der Waals surface area contributed by atoms with Crippen molar-refractivity contribution in [1.29, 1.82) is 0 Å². The molecular formula is C13H9ClF2N2OS. The Labute approximate surface area is 123 Å². The maximum Gasteiger partial charge on any atom is 0.171 e. The highest BCUT2D eigenvalue weighted by atomic mass is 35.5. The van der Waals surface area contributed by atoms with Gasteiger partial charge in [0.05, 0.1) is 0 Å². The first-order valence-corrected chi connectivity index (χ1v) is 6.61. The molecule has 0 atom stereocenters. The van der Waals surface area contributed by atoms with E-state index in [1.54, 1.807) is 18.2 Å². The highest BCUT2D eigenvalue weighted by Gasteiger charge is 2.12. The summed E-state index contributed by atoms with van der Waals surface area (Å²) in [6, 6.07) is 7.94. The third kappa shape index (κ3) is 3.20. The molecule has 0 heterocycles. The van der Waals surface area contributed by atoms with Crippen LogP contribution >= 0.6 is 23.4 Å². The van der Waals surface area contributed by atoms with Crippen LogP contribution in [0.4, 0.5) is 8.78 Å². The molecule has 3 N–H and O–H groups in total. The number of amidine groups is 1. The normalized spacial score (nSPS) is 11.7. The van der Waals surface area contributed by atoms with E-state index in [-0.39, 0.29) is 10.7 Å². The van der Waals surface area contributed by atoms with Gasteiger partial charge in [0.2, 0.25) is 0 Å². The van der Waals surface area contributed by atoms with Gasteiger partial charge in [-0.05, 0) is 30.3 Å². The first kappa shape index (κ1) is 14.6. The summed E-state index contributed by atoms with van der Waals surface area (Å²) >= 11 is 6.90. The number of rotatable bonds is 3. The Morgan fingerprint density at radius 2 is 1.90 bits per heavy atom. The molecule has 0 bridgehead atoms. The fraction of sp³-hybridized carbons (Fsp3) is 0. The summed E-state index contributed by atoms with van der Waals surface area (Å²) in [6.45, 7) is 0. The van der Waals surface area contributed by atoms with Crippen molar-refractivity contribution < 1.29 is 14.0 Å². The molecule has 2 aromatic carbocycles. The number of halogens is 3. The van der Waals surface area contributed by atoms with Gasteiger partial charge in [0.25, 0.3) is 0 Å². The van der Waals surface area contributed by atoms with Crippen molar-refractivity contribution in [2.75, 3.05) is 0 Å². The van der Waals surface area contributed by atoms with E-state index in [1.165, 1.54) is 6.07 Å². The predicted molar refractivity (Wildman–Crippen MR) is 74.4 cm³/mol. The van der Waals surface area contributed by atoms with Crippen LogP contribution in [0.2, 0.25) is 5.02 Å². The molecule has 3 nitrogen and oxygen atoms in total. The smallest absolute Gasteiger partial charge is 0.171 e. The van der Waals surface area contributed by atoms with Crippen molar-refractivity contribution in [3.8, 4) is 0 Å². The summed E-state index contributed by atoms with van der Waals surface area (Å²) in [5.41, 5.74) is 5.96. The van der Waals surface area contributed by atoms with Gasteiger partial charge >= 0.3 is 0 Å². The van der Waals surface area contributed by atoms with Crippen LogP contribution in [0.1, 0.15) is 5.56 Å². The minimum atomic E-state index is -0.694. The molecule has 0 amide bonds. The molecule has 0 saturated heterocycles. The number of hydrogen-bond acceptors (Lipinski definition) is 3. The lowest BCUT2D eigenvalue weighted by atomic mass is 10.2. The van der Waals surface area contributed by atoms with Gasteiger partial charge in [0.15, 0.2) is 5.84 Å². The summed E-state index contributed by atoms with van der Waals surface area (Å²) in [7, 11) is 0. The average Bonchev–Trinajstić information content (AvgIpc) is 2.41. The molecule has 2 rings (SSSR count). The second kappa shape index (κ2) is 6.11. The molecule has 0 aromatic heterocycles. The Balaban J connectivity index is 2.44. The van der Waals surface area contributed by atoms with Gasteiger partial charge in [-0.15, -0.1) is 0 Å².